The van der Waals surface area contributed by atoms with Crippen LogP contribution < -0.4 is 0 Å². The maximum absolute atomic E-state index is 12.8. The maximum atomic E-state index is 12.8. The third-order valence-electron chi connectivity index (χ3n) is 7.24. The maximum Gasteiger partial charge on any atom is 0.334 e. The molecule has 1 fully saturated rings. The highest BCUT2D eigenvalue weighted by atomic mass is 16.6. The second-order valence-electron chi connectivity index (χ2n) is 11.9. The Hall–Kier alpha value is -2.60. The fourth-order valence-corrected chi connectivity index (χ4v) is 5.30. The third kappa shape index (κ3) is 7.47. The van der Waals surface area contributed by atoms with E-state index in [0.717, 1.165) is 47.1 Å². The minimum absolute atomic E-state index is 0.171. The van der Waals surface area contributed by atoms with Gasteiger partial charge in [-0.15, -0.1) is 0 Å². The molecule has 6 heteroatoms. The number of allylic oxidation sites excluding steroid dienone is 1. The van der Waals surface area contributed by atoms with Gasteiger partial charge in [-0.1, -0.05) is 52.3 Å². The highest BCUT2D eigenvalue weighted by Gasteiger charge is 2.44. The second-order valence-corrected chi connectivity index (χ2v) is 11.9. The molecule has 1 saturated heterocycles. The number of carbonyl (C=O) groups excluding carboxylic acids is 2. The molecule has 2 aromatic rings. The van der Waals surface area contributed by atoms with E-state index >= 15 is 0 Å². The molecule has 2 heterocycles. The van der Waals surface area contributed by atoms with E-state index in [9.17, 15) is 14.7 Å². The zero-order chi connectivity index (χ0) is 27.3. The van der Waals surface area contributed by atoms with Gasteiger partial charge in [0.15, 0.2) is 5.60 Å². The average Bonchev–Trinajstić information content (AvgIpc) is 3.31. The van der Waals surface area contributed by atoms with Crippen molar-refractivity contribution in [2.24, 2.45) is 23.7 Å². The number of ether oxygens (including phenoxy) is 2. The lowest BCUT2D eigenvalue weighted by atomic mass is 9.86. The van der Waals surface area contributed by atoms with Crippen molar-refractivity contribution in [3.05, 3.63) is 46.7 Å². The van der Waals surface area contributed by atoms with Crippen LogP contribution in [-0.4, -0.2) is 35.9 Å². The minimum atomic E-state index is -1.23. The lowest BCUT2D eigenvalue weighted by Crippen LogP contribution is -2.40. The second kappa shape index (κ2) is 12.3. The van der Waals surface area contributed by atoms with Gasteiger partial charge in [0.2, 0.25) is 0 Å². The molecule has 204 valence electrons. The Morgan fingerprint density at radius 1 is 1.14 bits per heavy atom. The van der Waals surface area contributed by atoms with Crippen molar-refractivity contribution in [3.63, 3.8) is 0 Å². The summed E-state index contributed by atoms with van der Waals surface area (Å²) in [7, 11) is 0. The van der Waals surface area contributed by atoms with E-state index in [1.807, 2.05) is 32.1 Å². The standard InChI is InChI=1S/C31H44O6/c1-19(2)12-24(13-20(3)4)9-10-25-16-31(17-32,37-30(25)34)18-35-29(33)22(6)15-28-23(7)26-14-21(5)8-11-27(26)36-28/h8,10-11,14,19-20,22,24,32H,9,12-13,15-18H2,1-7H3/b25-10+/t22-,31+/m0/s1. The van der Waals surface area contributed by atoms with Crippen LogP contribution in [0.4, 0.5) is 0 Å². The van der Waals surface area contributed by atoms with Crippen LogP contribution in [0.15, 0.2) is 34.3 Å². The van der Waals surface area contributed by atoms with Crippen LogP contribution in [0, 0.1) is 37.5 Å². The van der Waals surface area contributed by atoms with Crippen molar-refractivity contribution >= 4 is 22.9 Å². The number of carbonyl (C=O) groups is 2. The Morgan fingerprint density at radius 3 is 2.43 bits per heavy atom. The molecule has 0 aliphatic carbocycles. The topological polar surface area (TPSA) is 86.0 Å². The van der Waals surface area contributed by atoms with Crippen molar-refractivity contribution in [1.29, 1.82) is 0 Å². The van der Waals surface area contributed by atoms with Crippen LogP contribution in [0.25, 0.3) is 11.0 Å². The van der Waals surface area contributed by atoms with Gasteiger partial charge in [-0.05, 0) is 68.6 Å². The fourth-order valence-electron chi connectivity index (χ4n) is 5.30. The van der Waals surface area contributed by atoms with E-state index in [0.29, 0.717) is 29.7 Å². The molecule has 3 rings (SSSR count). The van der Waals surface area contributed by atoms with E-state index in [1.165, 1.54) is 0 Å². The number of rotatable bonds is 12. The summed E-state index contributed by atoms with van der Waals surface area (Å²) < 4.78 is 17.1. The molecule has 0 amide bonds. The highest BCUT2D eigenvalue weighted by Crippen LogP contribution is 2.34. The zero-order valence-electron chi connectivity index (χ0n) is 23.6. The number of fused-ring (bicyclic) bond motifs is 1. The monoisotopic (exact) mass is 512 g/mol. The van der Waals surface area contributed by atoms with Crippen molar-refractivity contribution in [2.45, 2.75) is 86.2 Å². The molecule has 6 nitrogen and oxygen atoms in total. The molecule has 1 aromatic carbocycles. The van der Waals surface area contributed by atoms with Gasteiger partial charge in [0.1, 0.15) is 18.0 Å². The van der Waals surface area contributed by atoms with Gasteiger partial charge >= 0.3 is 11.9 Å². The first-order valence-corrected chi connectivity index (χ1v) is 13.6. The molecule has 0 unspecified atom stereocenters. The van der Waals surface area contributed by atoms with Crippen LogP contribution in [0.5, 0.6) is 0 Å². The number of esters is 2. The average molecular weight is 513 g/mol. The van der Waals surface area contributed by atoms with Gasteiger partial charge in [-0.3, -0.25) is 4.79 Å². The normalized spacial score (nSPS) is 20.0. The number of aryl methyl sites for hydroxylation is 2. The van der Waals surface area contributed by atoms with Crippen LogP contribution in [0.1, 0.15) is 77.2 Å². The number of hydrogen-bond donors (Lipinski definition) is 1. The van der Waals surface area contributed by atoms with Crippen molar-refractivity contribution in [3.8, 4) is 0 Å². The first kappa shape index (κ1) is 29.0. The highest BCUT2D eigenvalue weighted by molar-refractivity contribution is 5.91. The van der Waals surface area contributed by atoms with E-state index in [2.05, 4.69) is 33.8 Å². The number of cyclic esters (lactones) is 1. The summed E-state index contributed by atoms with van der Waals surface area (Å²) in [6, 6.07) is 6.03. The molecule has 0 radical (unpaired) electrons. The van der Waals surface area contributed by atoms with Crippen LogP contribution in [0.3, 0.4) is 0 Å². The number of aliphatic hydroxyl groups is 1. The Kier molecular flexibility index (Phi) is 9.63. The first-order valence-electron chi connectivity index (χ1n) is 13.6. The summed E-state index contributed by atoms with van der Waals surface area (Å²) >= 11 is 0. The molecule has 1 aliphatic rings. The first-order chi connectivity index (χ1) is 17.4. The fraction of sp³-hybridized carbons (Fsp3) is 0.613. The zero-order valence-corrected chi connectivity index (χ0v) is 23.6. The molecule has 0 saturated carbocycles. The van der Waals surface area contributed by atoms with Crippen molar-refractivity contribution < 1.29 is 28.6 Å². The molecule has 1 N–H and O–H groups in total. The van der Waals surface area contributed by atoms with E-state index < -0.39 is 30.1 Å². The van der Waals surface area contributed by atoms with Gasteiger partial charge in [0, 0.05) is 23.8 Å². The van der Waals surface area contributed by atoms with Gasteiger partial charge in [0.05, 0.1) is 12.5 Å². The SMILES string of the molecule is Cc1ccc2oc(C[C@H](C)C(=O)OC[C@]3(CO)C/C(=C\CC(CC(C)C)CC(C)C)C(=O)O3)c(C)c2c1. The summed E-state index contributed by atoms with van der Waals surface area (Å²) in [4.78, 5) is 25.4. The van der Waals surface area contributed by atoms with E-state index in [1.54, 1.807) is 6.92 Å². The molecule has 2 atom stereocenters. The Bertz CT molecular complexity index is 1110. The Balaban J connectivity index is 1.60. The smallest absolute Gasteiger partial charge is 0.334 e. The van der Waals surface area contributed by atoms with Crippen LogP contribution in [-0.2, 0) is 25.5 Å². The van der Waals surface area contributed by atoms with Gasteiger partial charge < -0.3 is 19.0 Å². The van der Waals surface area contributed by atoms with Crippen LogP contribution >= 0.6 is 0 Å². The quantitative estimate of drug-likeness (QED) is 0.259. The lowest BCUT2D eigenvalue weighted by Gasteiger charge is -2.25. The largest absolute Gasteiger partial charge is 0.461 e. The van der Waals surface area contributed by atoms with Crippen molar-refractivity contribution in [2.75, 3.05) is 13.2 Å². The predicted octanol–water partition coefficient (Wildman–Crippen LogP) is 6.47. The number of aliphatic hydroxyl groups excluding tert-OH is 1. The summed E-state index contributed by atoms with van der Waals surface area (Å²) in [6.45, 7) is 14.1. The molecule has 0 bridgehead atoms. The number of hydrogen-bond acceptors (Lipinski definition) is 6. The van der Waals surface area contributed by atoms with Crippen LogP contribution in [0.2, 0.25) is 0 Å². The summed E-state index contributed by atoms with van der Waals surface area (Å²) in [5.74, 6) is 1.14. The Morgan fingerprint density at radius 2 is 1.81 bits per heavy atom. The summed E-state index contributed by atoms with van der Waals surface area (Å²) in [6.07, 6.45) is 5.61. The number of benzene rings is 1. The van der Waals surface area contributed by atoms with E-state index in [-0.39, 0.29) is 13.0 Å². The van der Waals surface area contributed by atoms with Gasteiger partial charge in [0.25, 0.3) is 0 Å². The Labute approximate surface area is 221 Å². The molecular weight excluding hydrogens is 468 g/mol. The number of furan rings is 1. The molecular formula is C31H44O6. The lowest BCUT2D eigenvalue weighted by molar-refractivity contribution is -0.168. The molecule has 0 spiro atoms. The summed E-state index contributed by atoms with van der Waals surface area (Å²) in [5.41, 5.74) is 2.32. The molecule has 1 aromatic heterocycles. The van der Waals surface area contributed by atoms with Crippen molar-refractivity contribution in [1.82, 2.24) is 0 Å². The molecule has 37 heavy (non-hydrogen) atoms. The third-order valence-corrected chi connectivity index (χ3v) is 7.24. The summed E-state index contributed by atoms with van der Waals surface area (Å²) in [5, 5.41) is 11.1. The van der Waals surface area contributed by atoms with Gasteiger partial charge in [-0.2, -0.15) is 0 Å². The molecule has 1 aliphatic heterocycles. The minimum Gasteiger partial charge on any atom is -0.461 e. The van der Waals surface area contributed by atoms with Gasteiger partial charge in [-0.25, -0.2) is 4.79 Å². The predicted molar refractivity (Wildman–Crippen MR) is 145 cm³/mol. The van der Waals surface area contributed by atoms with E-state index in [4.69, 9.17) is 13.9 Å².